The molecule has 5 nitrogen and oxygen atoms in total. The first-order valence-electron chi connectivity index (χ1n) is 6.03. The van der Waals surface area contributed by atoms with E-state index in [2.05, 4.69) is 15.5 Å². The fourth-order valence-corrected chi connectivity index (χ4v) is 1.90. The van der Waals surface area contributed by atoms with Gasteiger partial charge in [0.05, 0.1) is 0 Å². The van der Waals surface area contributed by atoms with Gasteiger partial charge in [0, 0.05) is 18.5 Å². The monoisotopic (exact) mass is 245 g/mol. The van der Waals surface area contributed by atoms with Crippen molar-refractivity contribution in [2.75, 3.05) is 6.54 Å². The summed E-state index contributed by atoms with van der Waals surface area (Å²) >= 11 is 0. The molecule has 0 saturated heterocycles. The van der Waals surface area contributed by atoms with Gasteiger partial charge in [0.2, 0.25) is 5.91 Å². The Morgan fingerprint density at radius 3 is 2.94 bits per heavy atom. The van der Waals surface area contributed by atoms with E-state index in [1.165, 1.54) is 0 Å². The number of nitrogens with one attached hydrogen (secondary N) is 1. The molecule has 0 aliphatic carbocycles. The van der Waals surface area contributed by atoms with Crippen LogP contribution in [0, 0.1) is 0 Å². The summed E-state index contributed by atoms with van der Waals surface area (Å²) in [6.07, 6.45) is 1.32. The molecule has 1 aliphatic heterocycles. The van der Waals surface area contributed by atoms with Crippen LogP contribution in [0.4, 0.5) is 0 Å². The maximum atomic E-state index is 11.5. The van der Waals surface area contributed by atoms with Gasteiger partial charge in [0.25, 0.3) is 5.91 Å². The molecule has 0 radical (unpaired) electrons. The standard InChI is InChI=1S/C13H15N3O2/c1-2-5-12(17)14-8-11-9-6-3-4-7-10(9)13(18)16-15-11/h3-4,6-7,11H,2,5,8H2,1H3,(H,14,17). The van der Waals surface area contributed by atoms with Crippen LogP contribution in [0.1, 0.15) is 41.7 Å². The van der Waals surface area contributed by atoms with E-state index in [9.17, 15) is 9.59 Å². The minimum absolute atomic E-state index is 0.00193. The second kappa shape index (κ2) is 5.53. The maximum Gasteiger partial charge on any atom is 0.295 e. The summed E-state index contributed by atoms with van der Waals surface area (Å²) in [6.45, 7) is 2.33. The summed E-state index contributed by atoms with van der Waals surface area (Å²) in [4.78, 5) is 22.9. The van der Waals surface area contributed by atoms with E-state index in [1.807, 2.05) is 19.1 Å². The number of hydrogen-bond donors (Lipinski definition) is 1. The van der Waals surface area contributed by atoms with Crippen molar-refractivity contribution in [3.8, 4) is 0 Å². The van der Waals surface area contributed by atoms with Crippen LogP contribution in [0.5, 0.6) is 0 Å². The Kier molecular flexibility index (Phi) is 3.82. The van der Waals surface area contributed by atoms with E-state index in [0.717, 1.165) is 12.0 Å². The van der Waals surface area contributed by atoms with Gasteiger partial charge >= 0.3 is 0 Å². The van der Waals surface area contributed by atoms with Gasteiger partial charge in [-0.3, -0.25) is 9.59 Å². The van der Waals surface area contributed by atoms with Gasteiger partial charge in [-0.05, 0) is 18.1 Å². The van der Waals surface area contributed by atoms with Crippen molar-refractivity contribution >= 4 is 11.8 Å². The molecule has 94 valence electrons. The van der Waals surface area contributed by atoms with Gasteiger partial charge in [-0.2, -0.15) is 5.11 Å². The molecule has 1 aliphatic rings. The Morgan fingerprint density at radius 1 is 1.39 bits per heavy atom. The number of carbonyl (C=O) groups excluding carboxylic acids is 2. The first-order valence-corrected chi connectivity index (χ1v) is 6.03. The molecule has 1 heterocycles. The van der Waals surface area contributed by atoms with Gasteiger partial charge < -0.3 is 5.32 Å². The zero-order valence-electron chi connectivity index (χ0n) is 10.2. The van der Waals surface area contributed by atoms with Crippen LogP contribution in [0.2, 0.25) is 0 Å². The van der Waals surface area contributed by atoms with Crippen LogP contribution >= 0.6 is 0 Å². The topological polar surface area (TPSA) is 70.9 Å². The van der Waals surface area contributed by atoms with Crippen molar-refractivity contribution in [2.24, 2.45) is 10.2 Å². The molecule has 2 amide bonds. The minimum atomic E-state index is -0.318. The predicted octanol–water partition coefficient (Wildman–Crippen LogP) is 2.25. The van der Waals surface area contributed by atoms with Crippen LogP contribution in [-0.4, -0.2) is 18.4 Å². The number of nitrogens with zero attached hydrogens (tertiary/aromatic N) is 2. The lowest BCUT2D eigenvalue weighted by Crippen LogP contribution is -2.28. The van der Waals surface area contributed by atoms with Gasteiger partial charge in [0.15, 0.2) is 0 Å². The van der Waals surface area contributed by atoms with Crippen molar-refractivity contribution < 1.29 is 9.59 Å². The molecule has 18 heavy (non-hydrogen) atoms. The van der Waals surface area contributed by atoms with E-state index in [1.54, 1.807) is 12.1 Å². The highest BCUT2D eigenvalue weighted by Crippen LogP contribution is 2.26. The van der Waals surface area contributed by atoms with Crippen LogP contribution in [0.15, 0.2) is 34.5 Å². The fraction of sp³-hybridized carbons (Fsp3) is 0.385. The van der Waals surface area contributed by atoms with E-state index < -0.39 is 0 Å². The first kappa shape index (κ1) is 12.4. The molecular weight excluding hydrogens is 230 g/mol. The molecule has 0 aromatic heterocycles. The van der Waals surface area contributed by atoms with Gasteiger partial charge in [-0.25, -0.2) is 0 Å². The second-order valence-electron chi connectivity index (χ2n) is 4.18. The largest absolute Gasteiger partial charge is 0.354 e. The van der Waals surface area contributed by atoms with Crippen molar-refractivity contribution in [3.05, 3.63) is 35.4 Å². The SMILES string of the molecule is CCCC(=O)NCC1N=NC(=O)c2ccccc21. The third-order valence-corrected chi connectivity index (χ3v) is 2.81. The Labute approximate surface area is 105 Å². The molecule has 0 bridgehead atoms. The number of rotatable bonds is 4. The molecule has 1 aromatic rings. The van der Waals surface area contributed by atoms with Crippen molar-refractivity contribution in [2.45, 2.75) is 25.8 Å². The quantitative estimate of drug-likeness (QED) is 0.883. The number of azo groups is 1. The van der Waals surface area contributed by atoms with Gasteiger partial charge in [-0.15, -0.1) is 5.11 Å². The highest BCUT2D eigenvalue weighted by atomic mass is 16.2. The summed E-state index contributed by atoms with van der Waals surface area (Å²) in [6, 6.07) is 6.97. The summed E-state index contributed by atoms with van der Waals surface area (Å²) in [5.74, 6) is -0.316. The predicted molar refractivity (Wildman–Crippen MR) is 66.3 cm³/mol. The van der Waals surface area contributed by atoms with E-state index in [4.69, 9.17) is 0 Å². The van der Waals surface area contributed by atoms with Gasteiger partial charge in [-0.1, -0.05) is 25.1 Å². The average Bonchev–Trinajstić information content (AvgIpc) is 2.39. The summed E-state index contributed by atoms with van der Waals surface area (Å²) in [5, 5.41) is 10.4. The average molecular weight is 245 g/mol. The zero-order valence-corrected chi connectivity index (χ0v) is 10.2. The third-order valence-electron chi connectivity index (χ3n) is 2.81. The highest BCUT2D eigenvalue weighted by molar-refractivity contribution is 5.97. The number of benzene rings is 1. The van der Waals surface area contributed by atoms with Gasteiger partial charge in [0.1, 0.15) is 6.04 Å². The fourth-order valence-electron chi connectivity index (χ4n) is 1.90. The number of hydrogen-bond acceptors (Lipinski definition) is 3. The number of fused-ring (bicyclic) bond motifs is 1. The lowest BCUT2D eigenvalue weighted by molar-refractivity contribution is -0.121. The summed E-state index contributed by atoms with van der Waals surface area (Å²) in [5.41, 5.74) is 1.40. The Balaban J connectivity index is 2.08. The third kappa shape index (κ3) is 2.61. The van der Waals surface area contributed by atoms with Crippen molar-refractivity contribution in [3.63, 3.8) is 0 Å². The Morgan fingerprint density at radius 2 is 2.17 bits per heavy atom. The van der Waals surface area contributed by atoms with Crippen LogP contribution in [-0.2, 0) is 4.79 Å². The lowest BCUT2D eigenvalue weighted by Gasteiger charge is -2.18. The van der Waals surface area contributed by atoms with Crippen LogP contribution in [0.25, 0.3) is 0 Å². The highest BCUT2D eigenvalue weighted by Gasteiger charge is 2.23. The van der Waals surface area contributed by atoms with Crippen LogP contribution < -0.4 is 5.32 Å². The van der Waals surface area contributed by atoms with E-state index >= 15 is 0 Å². The molecule has 0 saturated carbocycles. The number of carbonyl (C=O) groups is 2. The van der Waals surface area contributed by atoms with Crippen molar-refractivity contribution in [1.29, 1.82) is 0 Å². The van der Waals surface area contributed by atoms with E-state index in [-0.39, 0.29) is 17.9 Å². The molecular formula is C13H15N3O2. The maximum absolute atomic E-state index is 11.5. The number of amides is 2. The molecule has 2 rings (SSSR count). The molecule has 0 spiro atoms. The summed E-state index contributed by atoms with van der Waals surface area (Å²) < 4.78 is 0. The van der Waals surface area contributed by atoms with Crippen LogP contribution in [0.3, 0.4) is 0 Å². The smallest absolute Gasteiger partial charge is 0.295 e. The lowest BCUT2D eigenvalue weighted by atomic mass is 9.99. The molecule has 0 fully saturated rings. The molecule has 5 heteroatoms. The first-order chi connectivity index (χ1) is 8.72. The molecule has 1 N–H and O–H groups in total. The molecule has 1 unspecified atom stereocenters. The Bertz CT molecular complexity index is 497. The van der Waals surface area contributed by atoms with Crippen molar-refractivity contribution in [1.82, 2.24) is 5.32 Å². The molecule has 1 atom stereocenters. The Hall–Kier alpha value is -2.04. The zero-order chi connectivity index (χ0) is 13.0. The molecule has 1 aromatic carbocycles. The minimum Gasteiger partial charge on any atom is -0.354 e. The summed E-state index contributed by atoms with van der Waals surface area (Å²) in [7, 11) is 0. The second-order valence-corrected chi connectivity index (χ2v) is 4.18. The van der Waals surface area contributed by atoms with E-state index in [0.29, 0.717) is 18.5 Å². The normalized spacial score (nSPS) is 17.4.